The van der Waals surface area contributed by atoms with Crippen molar-refractivity contribution >= 4 is 39.5 Å². The van der Waals surface area contributed by atoms with E-state index in [1.54, 1.807) is 0 Å². The van der Waals surface area contributed by atoms with E-state index in [1.165, 1.54) is 64.2 Å². The number of ether oxygens (including phenoxy) is 4. The van der Waals surface area contributed by atoms with Crippen molar-refractivity contribution in [1.82, 2.24) is 0 Å². The summed E-state index contributed by atoms with van der Waals surface area (Å²) in [6.45, 7) is 4.48. The van der Waals surface area contributed by atoms with Crippen LogP contribution in [0.5, 0.6) is 0 Å². The molecule has 0 bridgehead atoms. The molecule has 0 aromatic rings. The van der Waals surface area contributed by atoms with Crippen LogP contribution in [0.4, 0.5) is 0 Å². The fraction of sp³-hybridized carbons (Fsp3) is 0.618. The zero-order chi connectivity index (χ0) is 78.9. The molecular formula is C89H144O17P2. The van der Waals surface area contributed by atoms with Crippen LogP contribution in [0.2, 0.25) is 0 Å². The zero-order valence-electron chi connectivity index (χ0n) is 66.9. The molecule has 2 unspecified atom stereocenters. The molecule has 0 aromatic heterocycles. The summed E-state index contributed by atoms with van der Waals surface area (Å²) < 4.78 is 68.5. The summed E-state index contributed by atoms with van der Waals surface area (Å²) in [5.41, 5.74) is 0. The average Bonchev–Trinajstić information content (AvgIpc) is 0.886. The summed E-state index contributed by atoms with van der Waals surface area (Å²) >= 11 is 0. The van der Waals surface area contributed by atoms with Gasteiger partial charge in [0.25, 0.3) is 0 Å². The van der Waals surface area contributed by atoms with Gasteiger partial charge in [0, 0.05) is 25.7 Å². The average molecular weight is 1550 g/mol. The van der Waals surface area contributed by atoms with E-state index in [1.807, 2.05) is 30.4 Å². The molecule has 0 aliphatic carbocycles. The lowest BCUT2D eigenvalue weighted by Gasteiger charge is -2.21. The second kappa shape index (κ2) is 79.3. The molecule has 0 rings (SSSR count). The first kappa shape index (κ1) is 102. The fourth-order valence-electron chi connectivity index (χ4n) is 10.1. The third-order valence-electron chi connectivity index (χ3n) is 16.3. The SMILES string of the molecule is CC/C=C\C/C=C\C/C=C\C/C=C\C/C=C\CCCCCC(=O)OC[C@H](COP(=O)(O)OC[C@@H](O)COP(=O)(O)OC[C@@H](COC(=O)CC/C=C\C/C=C\C/C=C\C/C=C\C/C=C\CCCCC)OC(=O)CCCCCCC/C=C\CCCCCC)OC(=O)CCC/C=C\C/C=C\C/C=C\C/C=C\CCCCC. The first-order valence-corrected chi connectivity index (χ1v) is 44.0. The van der Waals surface area contributed by atoms with Crippen molar-refractivity contribution in [3.63, 3.8) is 0 Å². The van der Waals surface area contributed by atoms with Crippen molar-refractivity contribution in [3.05, 3.63) is 182 Å². The van der Waals surface area contributed by atoms with E-state index in [0.29, 0.717) is 38.5 Å². The van der Waals surface area contributed by atoms with E-state index < -0.39 is 97.5 Å². The predicted octanol–water partition coefficient (Wildman–Crippen LogP) is 24.3. The molecule has 0 amide bonds. The van der Waals surface area contributed by atoms with Crippen LogP contribution >= 0.6 is 15.6 Å². The maximum atomic E-state index is 13.1. The van der Waals surface area contributed by atoms with E-state index in [4.69, 9.17) is 37.0 Å². The van der Waals surface area contributed by atoms with E-state index in [0.717, 1.165) is 141 Å². The van der Waals surface area contributed by atoms with Gasteiger partial charge in [-0.25, -0.2) is 9.13 Å². The number of aliphatic hydroxyl groups excluding tert-OH is 1. The second-order valence-electron chi connectivity index (χ2n) is 26.6. The molecule has 108 heavy (non-hydrogen) atoms. The Morgan fingerprint density at radius 1 is 0.269 bits per heavy atom. The van der Waals surface area contributed by atoms with Gasteiger partial charge in [0.15, 0.2) is 12.2 Å². The molecule has 5 atom stereocenters. The van der Waals surface area contributed by atoms with Crippen molar-refractivity contribution in [2.24, 2.45) is 0 Å². The lowest BCUT2D eigenvalue weighted by atomic mass is 10.1. The highest BCUT2D eigenvalue weighted by atomic mass is 31.2. The fourth-order valence-corrected chi connectivity index (χ4v) is 11.7. The van der Waals surface area contributed by atoms with Crippen LogP contribution in [0.1, 0.15) is 297 Å². The number of unbranched alkanes of at least 4 members (excludes halogenated alkanes) is 19. The van der Waals surface area contributed by atoms with Crippen molar-refractivity contribution in [2.45, 2.75) is 316 Å². The minimum Gasteiger partial charge on any atom is -0.462 e. The standard InChI is InChI=1S/C89H144O17P2/c1-5-9-13-17-21-25-29-33-36-39-41-44-46-50-53-57-61-65-69-73-86(91)99-79-84(105-88(93)75-71-67-63-59-55-49-32-28-24-20-16-12-8-4)81-103-107(95,96)101-77-83(90)78-102-108(97,98)104-82-85(106-89(94)76-72-68-64-60-56-52-48-43-38-35-31-27-23-19-15-11-7-3)80-100-87(92)74-70-66-62-58-54-51-47-45-42-40-37-34-30-26-22-18-14-10-6-2/h10,14,21-23,25-28,32-38,41-42,44-45,48,50-54,60-61,64-65,83-85,90H,5-9,11-13,15-20,24,29-31,39-40,43,46-47,49,55-59,62-63,66-82H2,1-4H3,(H,95,96)(H,97,98)/b14-10-,25-21-,26-22-,27-23-,32-28-,36-33-,37-34-,38-35-,44-41-,45-42-,52-48-,53-50-,54-51-,64-60-,65-61-/t83-,84+,85+/m0/s1. The Morgan fingerprint density at radius 3 is 0.870 bits per heavy atom. The molecule has 0 spiro atoms. The molecule has 3 N–H and O–H groups in total. The molecular weight excluding hydrogens is 1400 g/mol. The summed E-state index contributed by atoms with van der Waals surface area (Å²) in [6.07, 6.45) is 96.0. The number of allylic oxidation sites excluding steroid dienone is 30. The van der Waals surface area contributed by atoms with Gasteiger partial charge in [0.2, 0.25) is 0 Å². The molecule has 0 aromatic carbocycles. The third kappa shape index (κ3) is 78.3. The van der Waals surface area contributed by atoms with Gasteiger partial charge in [-0.1, -0.05) is 281 Å². The monoisotopic (exact) mass is 1550 g/mol. The lowest BCUT2D eigenvalue weighted by molar-refractivity contribution is -0.161. The minimum atomic E-state index is -5.02. The van der Waals surface area contributed by atoms with Gasteiger partial charge in [-0.15, -0.1) is 0 Å². The Balaban J connectivity index is 5.52. The summed E-state index contributed by atoms with van der Waals surface area (Å²) in [6, 6.07) is 0. The number of hydrogen-bond acceptors (Lipinski definition) is 15. The summed E-state index contributed by atoms with van der Waals surface area (Å²) in [4.78, 5) is 73.0. The number of rotatable bonds is 75. The Morgan fingerprint density at radius 2 is 0.509 bits per heavy atom. The molecule has 0 saturated heterocycles. The molecule has 0 aliphatic rings. The van der Waals surface area contributed by atoms with Gasteiger partial charge in [-0.3, -0.25) is 37.3 Å². The predicted molar refractivity (Wildman–Crippen MR) is 445 cm³/mol. The number of hydrogen-bond donors (Lipinski definition) is 3. The van der Waals surface area contributed by atoms with Crippen molar-refractivity contribution in [3.8, 4) is 0 Å². The smallest absolute Gasteiger partial charge is 0.462 e. The molecule has 0 fully saturated rings. The second-order valence-corrected chi connectivity index (χ2v) is 29.5. The number of phosphoric ester groups is 2. The molecule has 0 radical (unpaired) electrons. The molecule has 17 nitrogen and oxygen atoms in total. The van der Waals surface area contributed by atoms with E-state index in [-0.39, 0.29) is 25.7 Å². The molecule has 0 saturated carbocycles. The first-order chi connectivity index (χ1) is 52.7. The molecule has 0 heterocycles. The van der Waals surface area contributed by atoms with E-state index in [2.05, 4.69) is 180 Å². The van der Waals surface area contributed by atoms with Crippen LogP contribution in [0.3, 0.4) is 0 Å². The number of phosphoric acid groups is 2. The number of aliphatic hydroxyl groups is 1. The first-order valence-electron chi connectivity index (χ1n) is 41.0. The summed E-state index contributed by atoms with van der Waals surface area (Å²) in [7, 11) is -10.0. The van der Waals surface area contributed by atoms with Crippen LogP contribution in [-0.2, 0) is 65.4 Å². The molecule has 0 aliphatic heterocycles. The molecule has 612 valence electrons. The number of carbonyl (C=O) groups excluding carboxylic acids is 4. The van der Waals surface area contributed by atoms with Crippen LogP contribution in [0.15, 0.2) is 182 Å². The minimum absolute atomic E-state index is 0.00263. The van der Waals surface area contributed by atoms with Crippen LogP contribution in [0.25, 0.3) is 0 Å². The van der Waals surface area contributed by atoms with Gasteiger partial charge < -0.3 is 33.8 Å². The Labute approximate surface area is 654 Å². The number of esters is 4. The topological polar surface area (TPSA) is 237 Å². The maximum absolute atomic E-state index is 13.1. The zero-order valence-corrected chi connectivity index (χ0v) is 68.7. The Bertz CT molecular complexity index is 2760. The van der Waals surface area contributed by atoms with Gasteiger partial charge in [0.05, 0.1) is 26.4 Å². The summed E-state index contributed by atoms with van der Waals surface area (Å²) in [5, 5.41) is 10.6. The Hall–Kier alpha value is -5.84. The quantitative estimate of drug-likeness (QED) is 0.0169. The van der Waals surface area contributed by atoms with Crippen LogP contribution in [0, 0.1) is 0 Å². The highest BCUT2D eigenvalue weighted by Crippen LogP contribution is 2.45. The van der Waals surface area contributed by atoms with Crippen molar-refractivity contribution in [1.29, 1.82) is 0 Å². The van der Waals surface area contributed by atoms with Gasteiger partial charge >= 0.3 is 39.5 Å². The van der Waals surface area contributed by atoms with Crippen molar-refractivity contribution < 1.29 is 80.2 Å². The van der Waals surface area contributed by atoms with Crippen LogP contribution in [-0.4, -0.2) is 96.7 Å². The van der Waals surface area contributed by atoms with E-state index >= 15 is 0 Å². The highest BCUT2D eigenvalue weighted by Gasteiger charge is 2.30. The van der Waals surface area contributed by atoms with Gasteiger partial charge in [0.1, 0.15) is 19.3 Å². The Kier molecular flexibility index (Phi) is 75.0. The third-order valence-corrected chi connectivity index (χ3v) is 18.2. The maximum Gasteiger partial charge on any atom is 0.472 e. The van der Waals surface area contributed by atoms with Crippen LogP contribution < -0.4 is 0 Å². The normalized spacial score (nSPS) is 14.8. The number of carbonyl (C=O) groups is 4. The van der Waals surface area contributed by atoms with E-state index in [9.17, 15) is 43.2 Å². The lowest BCUT2D eigenvalue weighted by Crippen LogP contribution is -2.30. The van der Waals surface area contributed by atoms with Gasteiger partial charge in [-0.2, -0.15) is 0 Å². The van der Waals surface area contributed by atoms with Crippen molar-refractivity contribution in [2.75, 3.05) is 39.6 Å². The molecule has 19 heteroatoms. The largest absolute Gasteiger partial charge is 0.472 e. The summed E-state index contributed by atoms with van der Waals surface area (Å²) in [5.74, 6) is -2.40. The van der Waals surface area contributed by atoms with Gasteiger partial charge in [-0.05, 0) is 173 Å². The highest BCUT2D eigenvalue weighted by molar-refractivity contribution is 7.47.